The molecule has 98 valence electrons. The number of hydrogen-bond acceptors (Lipinski definition) is 2. The van der Waals surface area contributed by atoms with Gasteiger partial charge in [-0.05, 0) is 49.6 Å². The first-order valence-electron chi connectivity index (χ1n) is 6.51. The van der Waals surface area contributed by atoms with E-state index in [1.54, 1.807) is 11.0 Å². The number of carbonyl (C=O) groups excluding carboxylic acids is 1. The van der Waals surface area contributed by atoms with Crippen molar-refractivity contribution in [2.24, 2.45) is 5.73 Å². The number of anilines is 1. The summed E-state index contributed by atoms with van der Waals surface area (Å²) in [5.41, 5.74) is 7.26. The number of fused-ring (bicyclic) bond motifs is 1. The van der Waals surface area contributed by atoms with E-state index in [1.165, 1.54) is 12.1 Å². The van der Waals surface area contributed by atoms with E-state index in [2.05, 4.69) is 0 Å². The molecule has 4 heteroatoms. The summed E-state index contributed by atoms with van der Waals surface area (Å²) in [7, 11) is 0. The van der Waals surface area contributed by atoms with Crippen molar-refractivity contribution in [2.45, 2.75) is 32.1 Å². The summed E-state index contributed by atoms with van der Waals surface area (Å²) < 4.78 is 13.2. The Labute approximate surface area is 107 Å². The zero-order chi connectivity index (χ0) is 13.0. The van der Waals surface area contributed by atoms with Crippen LogP contribution in [0.5, 0.6) is 0 Å². The van der Waals surface area contributed by atoms with Crippen LogP contribution >= 0.6 is 0 Å². The zero-order valence-electron chi connectivity index (χ0n) is 10.5. The van der Waals surface area contributed by atoms with Crippen molar-refractivity contribution in [3.8, 4) is 0 Å². The number of carbonyl (C=O) groups is 1. The fourth-order valence-corrected chi connectivity index (χ4v) is 2.36. The second-order valence-electron chi connectivity index (χ2n) is 4.67. The highest BCUT2D eigenvalue weighted by Crippen LogP contribution is 2.28. The number of benzene rings is 1. The predicted octanol–water partition coefficient (Wildman–Crippen LogP) is 2.23. The maximum atomic E-state index is 13.2. The van der Waals surface area contributed by atoms with Crippen LogP contribution in [0.2, 0.25) is 0 Å². The molecule has 0 fully saturated rings. The summed E-state index contributed by atoms with van der Waals surface area (Å²) in [6, 6.07) is 4.67. The zero-order valence-corrected chi connectivity index (χ0v) is 10.5. The molecule has 3 nitrogen and oxygen atoms in total. The summed E-state index contributed by atoms with van der Waals surface area (Å²) in [6.07, 6.45) is 4.08. The molecule has 0 aromatic heterocycles. The standard InChI is InChI=1S/C14H19FN2O/c15-12-5-6-13-11(10-12)4-7-14(18)17(13)9-3-1-2-8-16/h5-6,10H,1-4,7-9,16H2. The average molecular weight is 250 g/mol. The minimum atomic E-state index is -0.230. The molecule has 1 aromatic carbocycles. The number of amides is 1. The Kier molecular flexibility index (Phi) is 4.31. The van der Waals surface area contributed by atoms with Crippen molar-refractivity contribution < 1.29 is 9.18 Å². The number of unbranched alkanes of at least 4 members (excludes halogenated alkanes) is 2. The number of halogens is 1. The summed E-state index contributed by atoms with van der Waals surface area (Å²) >= 11 is 0. The van der Waals surface area contributed by atoms with E-state index in [-0.39, 0.29) is 11.7 Å². The van der Waals surface area contributed by atoms with Crippen LogP contribution in [-0.2, 0) is 11.2 Å². The predicted molar refractivity (Wildman–Crippen MR) is 70.0 cm³/mol. The lowest BCUT2D eigenvalue weighted by Crippen LogP contribution is -2.36. The van der Waals surface area contributed by atoms with E-state index in [1.807, 2.05) is 0 Å². The second kappa shape index (κ2) is 5.96. The van der Waals surface area contributed by atoms with Crippen molar-refractivity contribution in [3.05, 3.63) is 29.6 Å². The normalized spacial score (nSPS) is 14.8. The molecule has 1 aromatic rings. The minimum Gasteiger partial charge on any atom is -0.330 e. The first-order valence-corrected chi connectivity index (χ1v) is 6.51. The van der Waals surface area contributed by atoms with Crippen molar-refractivity contribution in [2.75, 3.05) is 18.0 Å². The number of aryl methyl sites for hydroxylation is 1. The van der Waals surface area contributed by atoms with Gasteiger partial charge in [0, 0.05) is 18.7 Å². The van der Waals surface area contributed by atoms with E-state index in [0.717, 1.165) is 30.5 Å². The molecule has 0 aliphatic carbocycles. The van der Waals surface area contributed by atoms with E-state index < -0.39 is 0 Å². The van der Waals surface area contributed by atoms with Gasteiger partial charge in [0.05, 0.1) is 0 Å². The van der Waals surface area contributed by atoms with Crippen LogP contribution in [0.1, 0.15) is 31.2 Å². The average Bonchev–Trinajstić information content (AvgIpc) is 2.37. The fourth-order valence-electron chi connectivity index (χ4n) is 2.36. The Balaban J connectivity index is 2.08. The molecule has 18 heavy (non-hydrogen) atoms. The van der Waals surface area contributed by atoms with Gasteiger partial charge in [0.1, 0.15) is 5.82 Å². The van der Waals surface area contributed by atoms with Crippen LogP contribution in [0.15, 0.2) is 18.2 Å². The summed E-state index contributed by atoms with van der Waals surface area (Å²) in [5, 5.41) is 0. The molecular weight excluding hydrogens is 231 g/mol. The first-order chi connectivity index (χ1) is 8.72. The van der Waals surface area contributed by atoms with Crippen LogP contribution in [0.3, 0.4) is 0 Å². The van der Waals surface area contributed by atoms with Crippen molar-refractivity contribution >= 4 is 11.6 Å². The van der Waals surface area contributed by atoms with Crippen LogP contribution < -0.4 is 10.6 Å². The van der Waals surface area contributed by atoms with Gasteiger partial charge in [-0.3, -0.25) is 4.79 Å². The molecule has 0 radical (unpaired) electrons. The first kappa shape index (κ1) is 13.0. The van der Waals surface area contributed by atoms with Crippen molar-refractivity contribution in [3.63, 3.8) is 0 Å². The van der Waals surface area contributed by atoms with Crippen molar-refractivity contribution in [1.29, 1.82) is 0 Å². The fraction of sp³-hybridized carbons (Fsp3) is 0.500. The van der Waals surface area contributed by atoms with Gasteiger partial charge in [0.15, 0.2) is 0 Å². The van der Waals surface area contributed by atoms with Crippen molar-refractivity contribution in [1.82, 2.24) is 0 Å². The molecule has 1 amide bonds. The Bertz CT molecular complexity index is 434. The number of rotatable bonds is 5. The van der Waals surface area contributed by atoms with Gasteiger partial charge >= 0.3 is 0 Å². The molecule has 0 atom stereocenters. The number of nitrogens with two attached hydrogens (primary N) is 1. The molecule has 2 N–H and O–H groups in total. The van der Waals surface area contributed by atoms with E-state index in [9.17, 15) is 9.18 Å². The summed E-state index contributed by atoms with van der Waals surface area (Å²) in [6.45, 7) is 1.40. The highest BCUT2D eigenvalue weighted by atomic mass is 19.1. The van der Waals surface area contributed by atoms with Gasteiger partial charge in [-0.15, -0.1) is 0 Å². The van der Waals surface area contributed by atoms with Crippen LogP contribution in [0, 0.1) is 5.82 Å². The van der Waals surface area contributed by atoms with Crippen LogP contribution in [0.4, 0.5) is 10.1 Å². The Morgan fingerprint density at radius 1 is 1.22 bits per heavy atom. The van der Waals surface area contributed by atoms with E-state index >= 15 is 0 Å². The lowest BCUT2D eigenvalue weighted by atomic mass is 10.0. The SMILES string of the molecule is NCCCCCN1C(=O)CCc2cc(F)ccc21. The quantitative estimate of drug-likeness (QED) is 0.815. The maximum absolute atomic E-state index is 13.2. The molecular formula is C14H19FN2O. The molecule has 0 saturated carbocycles. The van der Waals surface area contributed by atoms with Gasteiger partial charge in [0.2, 0.25) is 5.91 Å². The lowest BCUT2D eigenvalue weighted by Gasteiger charge is -2.29. The third-order valence-electron chi connectivity index (χ3n) is 3.33. The molecule has 2 rings (SSSR count). The topological polar surface area (TPSA) is 46.3 Å². The molecule has 1 aliphatic rings. The molecule has 1 heterocycles. The Morgan fingerprint density at radius 2 is 2.06 bits per heavy atom. The maximum Gasteiger partial charge on any atom is 0.227 e. The van der Waals surface area contributed by atoms with Gasteiger partial charge in [-0.1, -0.05) is 6.42 Å². The lowest BCUT2D eigenvalue weighted by molar-refractivity contribution is -0.118. The monoisotopic (exact) mass is 250 g/mol. The number of nitrogens with zero attached hydrogens (tertiary/aromatic N) is 1. The molecule has 0 unspecified atom stereocenters. The van der Waals surface area contributed by atoms with Gasteiger partial charge in [-0.25, -0.2) is 4.39 Å². The van der Waals surface area contributed by atoms with Gasteiger partial charge in [-0.2, -0.15) is 0 Å². The molecule has 1 aliphatic heterocycles. The van der Waals surface area contributed by atoms with Crippen LogP contribution in [-0.4, -0.2) is 19.0 Å². The number of hydrogen-bond donors (Lipinski definition) is 1. The van der Waals surface area contributed by atoms with E-state index in [0.29, 0.717) is 25.9 Å². The Morgan fingerprint density at radius 3 is 2.83 bits per heavy atom. The molecule has 0 saturated heterocycles. The van der Waals surface area contributed by atoms with E-state index in [4.69, 9.17) is 5.73 Å². The van der Waals surface area contributed by atoms with Crippen LogP contribution in [0.25, 0.3) is 0 Å². The molecule has 0 bridgehead atoms. The smallest absolute Gasteiger partial charge is 0.227 e. The summed E-state index contributed by atoms with van der Waals surface area (Å²) in [4.78, 5) is 13.7. The summed E-state index contributed by atoms with van der Waals surface area (Å²) in [5.74, 6) is -0.0898. The highest BCUT2D eigenvalue weighted by molar-refractivity contribution is 5.96. The molecule has 0 spiro atoms. The third-order valence-corrected chi connectivity index (χ3v) is 3.33. The van der Waals surface area contributed by atoms with Gasteiger partial charge in [0.25, 0.3) is 0 Å². The largest absolute Gasteiger partial charge is 0.330 e. The minimum absolute atomic E-state index is 0.141. The third kappa shape index (κ3) is 2.88. The Hall–Kier alpha value is -1.42. The van der Waals surface area contributed by atoms with Gasteiger partial charge < -0.3 is 10.6 Å². The second-order valence-corrected chi connectivity index (χ2v) is 4.67. The highest BCUT2D eigenvalue weighted by Gasteiger charge is 2.23.